The largest absolute Gasteiger partial charge is 0.382 e. The van der Waals surface area contributed by atoms with Crippen LogP contribution >= 0.6 is 0 Å². The van der Waals surface area contributed by atoms with E-state index in [0.29, 0.717) is 16.6 Å². The van der Waals surface area contributed by atoms with Gasteiger partial charge in [0.2, 0.25) is 0 Å². The lowest BCUT2D eigenvalue weighted by Gasteiger charge is -2.42. The first-order valence-electron chi connectivity index (χ1n) is 8.48. The van der Waals surface area contributed by atoms with Gasteiger partial charge in [0.05, 0.1) is 20.7 Å². The van der Waals surface area contributed by atoms with Crippen LogP contribution in [0.5, 0.6) is 0 Å². The van der Waals surface area contributed by atoms with Gasteiger partial charge in [0, 0.05) is 19.4 Å². The molecule has 1 rings (SSSR count). The molecular weight excluding hydrogens is 276 g/mol. The van der Waals surface area contributed by atoms with Crippen LogP contribution in [0.15, 0.2) is 5.10 Å². The minimum Gasteiger partial charge on any atom is -0.382 e. The van der Waals surface area contributed by atoms with Crippen molar-refractivity contribution >= 4 is 13.8 Å². The zero-order valence-electron chi connectivity index (χ0n) is 15.5. The van der Waals surface area contributed by atoms with Crippen molar-refractivity contribution in [2.45, 2.75) is 83.6 Å². The molecule has 3 nitrogen and oxygen atoms in total. The number of hydrogen-bond acceptors (Lipinski definition) is 3. The summed E-state index contributed by atoms with van der Waals surface area (Å²) < 4.78 is 5.35. The standard InChI is InChI=1S/C17H36N2OSi/c1-9-16(14(2)21(7,8)17(3,4)5)18-19-12-10-11-15(19)13-20-6/h14-15H,9-13H2,1-8H3/b18-16+/t14-,15+/m1/s1. The highest BCUT2D eigenvalue weighted by molar-refractivity contribution is 6.84. The Morgan fingerprint density at radius 3 is 2.48 bits per heavy atom. The van der Waals surface area contributed by atoms with Gasteiger partial charge >= 0.3 is 0 Å². The molecule has 0 aromatic carbocycles. The molecule has 0 aromatic heterocycles. The molecule has 0 radical (unpaired) electrons. The van der Waals surface area contributed by atoms with Crippen molar-refractivity contribution in [2.24, 2.45) is 5.10 Å². The minimum absolute atomic E-state index is 0.402. The highest BCUT2D eigenvalue weighted by Gasteiger charge is 2.41. The summed E-state index contributed by atoms with van der Waals surface area (Å²) in [6.45, 7) is 18.8. The van der Waals surface area contributed by atoms with Gasteiger partial charge in [-0.25, -0.2) is 0 Å². The van der Waals surface area contributed by atoms with E-state index in [1.165, 1.54) is 18.6 Å². The lowest BCUT2D eigenvalue weighted by molar-refractivity contribution is 0.117. The first kappa shape index (κ1) is 18.7. The van der Waals surface area contributed by atoms with Crippen LogP contribution in [0.25, 0.3) is 0 Å². The summed E-state index contributed by atoms with van der Waals surface area (Å²) in [5.74, 6) is 0. The van der Waals surface area contributed by atoms with Crippen LogP contribution in [0.1, 0.15) is 53.9 Å². The van der Waals surface area contributed by atoms with E-state index in [4.69, 9.17) is 9.84 Å². The first-order valence-corrected chi connectivity index (χ1v) is 11.6. The molecule has 0 bridgehead atoms. The van der Waals surface area contributed by atoms with Crippen molar-refractivity contribution in [3.63, 3.8) is 0 Å². The molecule has 2 atom stereocenters. The molecule has 0 saturated carbocycles. The first-order chi connectivity index (χ1) is 9.65. The molecule has 0 spiro atoms. The van der Waals surface area contributed by atoms with Gasteiger partial charge in [0.15, 0.2) is 0 Å². The molecule has 0 aromatic rings. The van der Waals surface area contributed by atoms with E-state index >= 15 is 0 Å². The third kappa shape index (κ3) is 4.32. The number of rotatable bonds is 6. The molecular formula is C17H36N2OSi. The molecule has 1 aliphatic rings. The second-order valence-electron chi connectivity index (χ2n) is 8.05. The van der Waals surface area contributed by atoms with Gasteiger partial charge in [-0.05, 0) is 29.8 Å². The summed E-state index contributed by atoms with van der Waals surface area (Å²) in [5.41, 5.74) is 2.01. The highest BCUT2D eigenvalue weighted by Crippen LogP contribution is 2.44. The Morgan fingerprint density at radius 2 is 2.00 bits per heavy atom. The summed E-state index contributed by atoms with van der Waals surface area (Å²) in [7, 11) is 0.397. The Morgan fingerprint density at radius 1 is 1.38 bits per heavy atom. The lowest BCUT2D eigenvalue weighted by atomic mass is 10.2. The minimum atomic E-state index is -1.39. The smallest absolute Gasteiger partial charge is 0.0704 e. The molecule has 0 amide bonds. The normalized spacial score (nSPS) is 22.8. The average Bonchev–Trinajstić information content (AvgIpc) is 2.81. The molecule has 4 heteroatoms. The molecule has 124 valence electrons. The van der Waals surface area contributed by atoms with Crippen LogP contribution in [0.3, 0.4) is 0 Å². The zero-order valence-corrected chi connectivity index (χ0v) is 16.5. The van der Waals surface area contributed by atoms with Crippen molar-refractivity contribution in [1.29, 1.82) is 0 Å². The predicted octanol–water partition coefficient (Wildman–Crippen LogP) is 4.76. The van der Waals surface area contributed by atoms with Gasteiger partial charge in [0.25, 0.3) is 0 Å². The monoisotopic (exact) mass is 312 g/mol. The number of hydrazone groups is 1. The van der Waals surface area contributed by atoms with Crippen LogP contribution in [0, 0.1) is 0 Å². The zero-order chi connectivity index (χ0) is 16.3. The SMILES string of the molecule is CC/C(=N\N1CCC[C@H]1COC)[C@@H](C)[Si](C)(C)C(C)(C)C. The van der Waals surface area contributed by atoms with Gasteiger partial charge < -0.3 is 4.74 Å². The van der Waals surface area contributed by atoms with Gasteiger partial charge in [-0.3, -0.25) is 5.01 Å². The molecule has 0 N–H and O–H groups in total. The summed E-state index contributed by atoms with van der Waals surface area (Å²) in [5, 5.41) is 7.78. The van der Waals surface area contributed by atoms with E-state index in [9.17, 15) is 0 Å². The van der Waals surface area contributed by atoms with Crippen molar-refractivity contribution in [2.75, 3.05) is 20.3 Å². The second kappa shape index (κ2) is 7.27. The maximum absolute atomic E-state index is 5.35. The van der Waals surface area contributed by atoms with Crippen molar-refractivity contribution < 1.29 is 4.74 Å². The summed E-state index contributed by atoms with van der Waals surface area (Å²) in [4.78, 5) is 0. The highest BCUT2D eigenvalue weighted by atomic mass is 28.3. The van der Waals surface area contributed by atoms with Crippen molar-refractivity contribution in [1.82, 2.24) is 5.01 Å². The Kier molecular flexibility index (Phi) is 6.48. The number of nitrogens with zero attached hydrogens (tertiary/aromatic N) is 2. The molecule has 0 unspecified atom stereocenters. The van der Waals surface area contributed by atoms with E-state index in [1.54, 1.807) is 7.11 Å². The maximum atomic E-state index is 5.35. The van der Waals surface area contributed by atoms with Gasteiger partial charge in [-0.15, -0.1) is 0 Å². The molecule has 1 aliphatic heterocycles. The van der Waals surface area contributed by atoms with E-state index in [2.05, 4.69) is 52.7 Å². The Labute approximate surface area is 133 Å². The third-order valence-electron chi connectivity index (χ3n) is 5.84. The van der Waals surface area contributed by atoms with Crippen LogP contribution in [0.4, 0.5) is 0 Å². The van der Waals surface area contributed by atoms with E-state index < -0.39 is 8.07 Å². The predicted molar refractivity (Wildman–Crippen MR) is 96.0 cm³/mol. The fraction of sp³-hybridized carbons (Fsp3) is 0.941. The second-order valence-corrected chi connectivity index (χ2v) is 13.9. The summed E-state index contributed by atoms with van der Waals surface area (Å²) in [6.07, 6.45) is 3.51. The number of methoxy groups -OCH3 is 1. The van der Waals surface area contributed by atoms with E-state index in [0.717, 1.165) is 19.6 Å². The fourth-order valence-corrected chi connectivity index (χ4v) is 5.40. The Hall–Kier alpha value is -0.353. The summed E-state index contributed by atoms with van der Waals surface area (Å²) >= 11 is 0. The van der Waals surface area contributed by atoms with Crippen LogP contribution in [-0.4, -0.2) is 45.1 Å². The van der Waals surface area contributed by atoms with Crippen LogP contribution < -0.4 is 0 Å². The quantitative estimate of drug-likeness (QED) is 0.521. The Bertz CT molecular complexity index is 360. The molecule has 21 heavy (non-hydrogen) atoms. The fourth-order valence-electron chi connectivity index (χ4n) is 3.01. The van der Waals surface area contributed by atoms with Crippen LogP contribution in [0.2, 0.25) is 23.7 Å². The van der Waals surface area contributed by atoms with Gasteiger partial charge in [-0.1, -0.05) is 47.7 Å². The van der Waals surface area contributed by atoms with Crippen molar-refractivity contribution in [3.05, 3.63) is 0 Å². The van der Waals surface area contributed by atoms with E-state index in [-0.39, 0.29) is 0 Å². The third-order valence-corrected chi connectivity index (χ3v) is 12.2. The Balaban J connectivity index is 2.93. The summed E-state index contributed by atoms with van der Waals surface area (Å²) in [6, 6.07) is 0.475. The maximum Gasteiger partial charge on any atom is 0.0704 e. The topological polar surface area (TPSA) is 24.8 Å². The van der Waals surface area contributed by atoms with Gasteiger partial charge in [-0.2, -0.15) is 5.10 Å². The number of hydrogen-bond donors (Lipinski definition) is 0. The lowest BCUT2D eigenvalue weighted by Crippen LogP contribution is -2.44. The number of ether oxygens (including phenoxy) is 1. The molecule has 0 aliphatic carbocycles. The van der Waals surface area contributed by atoms with E-state index in [1.807, 2.05) is 0 Å². The molecule has 1 saturated heterocycles. The molecule has 1 fully saturated rings. The molecule has 1 heterocycles. The van der Waals surface area contributed by atoms with Gasteiger partial charge in [0.1, 0.15) is 0 Å². The van der Waals surface area contributed by atoms with Crippen LogP contribution in [-0.2, 0) is 4.74 Å². The van der Waals surface area contributed by atoms with Crippen molar-refractivity contribution in [3.8, 4) is 0 Å². The average molecular weight is 313 g/mol.